The minimum absolute atomic E-state index is 0.109. The third-order valence-electron chi connectivity index (χ3n) is 6.37. The molecular weight excluding hydrogens is 476 g/mol. The maximum atomic E-state index is 13.3. The summed E-state index contributed by atoms with van der Waals surface area (Å²) in [6.45, 7) is 0. The molecule has 2 aliphatic rings. The van der Waals surface area contributed by atoms with E-state index < -0.39 is 0 Å². The van der Waals surface area contributed by atoms with Gasteiger partial charge in [0.05, 0.1) is 33.9 Å². The van der Waals surface area contributed by atoms with Crippen LogP contribution in [-0.4, -0.2) is 27.8 Å². The highest BCUT2D eigenvalue weighted by molar-refractivity contribution is 6.33. The van der Waals surface area contributed by atoms with Crippen LogP contribution < -0.4 is 16.4 Å². The molecule has 0 bridgehead atoms. The Kier molecular flexibility index (Phi) is 5.30. The van der Waals surface area contributed by atoms with Gasteiger partial charge in [0.25, 0.3) is 11.8 Å². The van der Waals surface area contributed by atoms with Crippen LogP contribution in [0.3, 0.4) is 0 Å². The number of anilines is 2. The second-order valence-corrected chi connectivity index (χ2v) is 9.13. The molecule has 8 nitrogen and oxygen atoms in total. The Balaban J connectivity index is 1.35. The van der Waals surface area contributed by atoms with Crippen LogP contribution in [0.2, 0.25) is 5.02 Å². The summed E-state index contributed by atoms with van der Waals surface area (Å²) in [6, 6.07) is 14.6. The van der Waals surface area contributed by atoms with Crippen molar-refractivity contribution < 1.29 is 9.59 Å². The number of nitrogens with one attached hydrogen (secondary N) is 2. The Morgan fingerprint density at radius 3 is 2.86 bits per heavy atom. The fourth-order valence-corrected chi connectivity index (χ4v) is 4.82. The van der Waals surface area contributed by atoms with Crippen molar-refractivity contribution in [2.24, 2.45) is 10.7 Å². The lowest BCUT2D eigenvalue weighted by atomic mass is 10.0. The highest BCUT2D eigenvalue weighted by atomic mass is 35.5. The van der Waals surface area contributed by atoms with E-state index >= 15 is 0 Å². The second-order valence-electron chi connectivity index (χ2n) is 8.73. The van der Waals surface area contributed by atoms with Crippen molar-refractivity contribution in [3.63, 3.8) is 0 Å². The fourth-order valence-electron chi connectivity index (χ4n) is 4.59. The van der Waals surface area contributed by atoms with Gasteiger partial charge in [0.2, 0.25) is 0 Å². The van der Waals surface area contributed by atoms with Gasteiger partial charge in [-0.05, 0) is 61.5 Å². The molecule has 3 aromatic carbocycles. The zero-order valence-electron chi connectivity index (χ0n) is 19.0. The number of amides is 2. The average molecular weight is 497 g/mol. The Morgan fingerprint density at radius 2 is 2.08 bits per heavy atom. The normalized spacial score (nSPS) is 14.8. The predicted molar refractivity (Wildman–Crippen MR) is 142 cm³/mol. The van der Waals surface area contributed by atoms with E-state index in [1.807, 2.05) is 35.0 Å². The highest BCUT2D eigenvalue weighted by Crippen LogP contribution is 2.44. The van der Waals surface area contributed by atoms with E-state index in [4.69, 9.17) is 17.3 Å². The van der Waals surface area contributed by atoms with Crippen LogP contribution >= 0.6 is 11.6 Å². The minimum Gasteiger partial charge on any atom is -0.405 e. The van der Waals surface area contributed by atoms with E-state index in [2.05, 4.69) is 20.7 Å². The number of benzene rings is 3. The molecule has 1 aliphatic carbocycles. The molecule has 0 radical (unpaired) electrons. The van der Waals surface area contributed by atoms with Gasteiger partial charge in [0, 0.05) is 39.8 Å². The van der Waals surface area contributed by atoms with Crippen LogP contribution in [0.5, 0.6) is 0 Å². The molecule has 6 rings (SSSR count). The summed E-state index contributed by atoms with van der Waals surface area (Å²) in [5, 5.41) is 12.7. The first kappa shape index (κ1) is 22.1. The Bertz CT molecular complexity index is 1620. The predicted octanol–water partition coefficient (Wildman–Crippen LogP) is 5.55. The smallest absolute Gasteiger partial charge is 0.259 e. The van der Waals surface area contributed by atoms with Crippen LogP contribution in [0.15, 0.2) is 72.0 Å². The third kappa shape index (κ3) is 3.72. The number of nitrogens with zero attached hydrogens (tertiary/aromatic N) is 3. The molecule has 4 N–H and O–H groups in total. The van der Waals surface area contributed by atoms with Gasteiger partial charge < -0.3 is 16.4 Å². The molecule has 9 heteroatoms. The molecule has 1 aliphatic heterocycles. The molecule has 178 valence electrons. The van der Waals surface area contributed by atoms with Gasteiger partial charge >= 0.3 is 0 Å². The van der Waals surface area contributed by atoms with Crippen molar-refractivity contribution in [3.05, 3.63) is 88.8 Å². The van der Waals surface area contributed by atoms with Gasteiger partial charge in [-0.1, -0.05) is 23.7 Å². The molecular formula is C27H21ClN6O2. The van der Waals surface area contributed by atoms with E-state index in [1.54, 1.807) is 36.7 Å². The van der Waals surface area contributed by atoms with Crippen LogP contribution in [0.4, 0.5) is 17.1 Å². The first-order valence-corrected chi connectivity index (χ1v) is 11.9. The number of hydrogen-bond donors (Lipinski definition) is 3. The molecule has 0 saturated heterocycles. The van der Waals surface area contributed by atoms with Crippen molar-refractivity contribution >= 4 is 57.5 Å². The number of rotatable bonds is 6. The molecule has 4 aromatic rings. The monoisotopic (exact) mass is 496 g/mol. The van der Waals surface area contributed by atoms with E-state index in [0.29, 0.717) is 27.5 Å². The van der Waals surface area contributed by atoms with Crippen molar-refractivity contribution in [2.75, 3.05) is 10.6 Å². The zero-order chi connectivity index (χ0) is 24.8. The first-order valence-electron chi connectivity index (χ1n) is 11.5. The molecule has 2 amide bonds. The molecule has 0 unspecified atom stereocenters. The topological polar surface area (TPSA) is 114 Å². The second kappa shape index (κ2) is 8.66. The Labute approximate surface area is 211 Å². The van der Waals surface area contributed by atoms with E-state index in [1.165, 1.54) is 6.20 Å². The van der Waals surface area contributed by atoms with Gasteiger partial charge in [0.15, 0.2) is 0 Å². The fraction of sp³-hybridized carbons (Fsp3) is 0.111. The third-order valence-corrected chi connectivity index (χ3v) is 6.67. The zero-order valence-corrected chi connectivity index (χ0v) is 19.8. The maximum Gasteiger partial charge on any atom is 0.259 e. The van der Waals surface area contributed by atoms with Crippen LogP contribution in [0, 0.1) is 0 Å². The van der Waals surface area contributed by atoms with Crippen LogP contribution in [-0.2, 0) is 0 Å². The molecule has 1 fully saturated rings. The largest absolute Gasteiger partial charge is 0.405 e. The summed E-state index contributed by atoms with van der Waals surface area (Å²) >= 11 is 6.34. The van der Waals surface area contributed by atoms with E-state index in [0.717, 1.165) is 40.7 Å². The minimum atomic E-state index is -0.260. The summed E-state index contributed by atoms with van der Waals surface area (Å²) in [6.07, 6.45) is 8.10. The Morgan fingerprint density at radius 1 is 1.22 bits per heavy atom. The number of carbonyl (C=O) groups excluding carboxylic acids is 2. The number of nitrogens with two attached hydrogens (primary N) is 1. The van der Waals surface area contributed by atoms with Gasteiger partial charge in [-0.15, -0.1) is 0 Å². The van der Waals surface area contributed by atoms with E-state index in [9.17, 15) is 9.59 Å². The van der Waals surface area contributed by atoms with Gasteiger partial charge in [-0.2, -0.15) is 5.10 Å². The van der Waals surface area contributed by atoms with Crippen molar-refractivity contribution in [1.82, 2.24) is 9.78 Å². The molecule has 0 spiro atoms. The molecule has 2 heterocycles. The SMILES string of the molecule is NC=CC=Nc1ccc(NC(=O)c2cnn(-c3ccc4c5c(cccc35)C(=O)N4)c2C2CC2)cc1Cl. The van der Waals surface area contributed by atoms with Crippen molar-refractivity contribution in [2.45, 2.75) is 18.8 Å². The van der Waals surface area contributed by atoms with Crippen molar-refractivity contribution in [1.29, 1.82) is 0 Å². The number of halogens is 1. The van der Waals surface area contributed by atoms with Gasteiger partial charge in [-0.3, -0.25) is 14.6 Å². The van der Waals surface area contributed by atoms with Gasteiger partial charge in [-0.25, -0.2) is 4.68 Å². The van der Waals surface area contributed by atoms with Crippen LogP contribution in [0.25, 0.3) is 16.5 Å². The number of hydrogen-bond acceptors (Lipinski definition) is 5. The quantitative estimate of drug-likeness (QED) is 0.303. The molecule has 1 aromatic heterocycles. The summed E-state index contributed by atoms with van der Waals surface area (Å²) in [4.78, 5) is 29.9. The summed E-state index contributed by atoms with van der Waals surface area (Å²) in [5.41, 5.74) is 10.1. The number of allylic oxidation sites excluding steroid dienone is 1. The average Bonchev–Trinajstić information content (AvgIpc) is 3.53. The van der Waals surface area contributed by atoms with Gasteiger partial charge in [0.1, 0.15) is 0 Å². The summed E-state index contributed by atoms with van der Waals surface area (Å²) in [5.74, 6) is -0.127. The Hall–Kier alpha value is -4.43. The summed E-state index contributed by atoms with van der Waals surface area (Å²) < 4.78 is 1.84. The summed E-state index contributed by atoms with van der Waals surface area (Å²) in [7, 11) is 0. The highest BCUT2D eigenvalue weighted by Gasteiger charge is 2.34. The molecule has 1 saturated carbocycles. The van der Waals surface area contributed by atoms with Crippen molar-refractivity contribution in [3.8, 4) is 5.69 Å². The number of carbonyl (C=O) groups is 2. The van der Waals surface area contributed by atoms with Crippen LogP contribution in [0.1, 0.15) is 45.2 Å². The lowest BCUT2D eigenvalue weighted by Gasteiger charge is -2.13. The maximum absolute atomic E-state index is 13.3. The number of aliphatic imine (C=N–C) groups is 1. The van der Waals surface area contributed by atoms with E-state index in [-0.39, 0.29) is 17.7 Å². The molecule has 36 heavy (non-hydrogen) atoms. The number of aromatic nitrogens is 2. The molecule has 0 atom stereocenters. The standard InChI is InChI=1S/C27H21ClN6O2/c28-20-13-16(7-8-21(20)30-12-2-11-29)32-27(36)19-14-31-34(25(19)15-5-6-15)23-10-9-22-24-17(23)3-1-4-18(24)26(35)33-22/h1-4,7-15H,5-6,29H2,(H,32,36)(H,33,35). The first-order chi connectivity index (χ1) is 17.5. The lowest BCUT2D eigenvalue weighted by molar-refractivity contribution is 0.102. The lowest BCUT2D eigenvalue weighted by Crippen LogP contribution is -2.14.